The molecule has 2 aliphatic rings. The Morgan fingerprint density at radius 1 is 1.00 bits per heavy atom. The molecular weight excluding hydrogens is 198 g/mol. The minimum atomic E-state index is 0.549. The molecule has 2 aliphatic carbocycles. The Bertz CT molecular complexity index is 193. The second kappa shape index (κ2) is 6.02. The van der Waals surface area contributed by atoms with Crippen molar-refractivity contribution in [2.45, 2.75) is 63.5 Å². The molecule has 0 heterocycles. The summed E-state index contributed by atoms with van der Waals surface area (Å²) in [4.78, 5) is 2.63. The van der Waals surface area contributed by atoms with Crippen LogP contribution in [0.3, 0.4) is 0 Å². The van der Waals surface area contributed by atoms with E-state index in [0.29, 0.717) is 6.10 Å². The first-order chi connectivity index (χ1) is 7.79. The fourth-order valence-electron chi connectivity index (χ4n) is 3.45. The molecule has 2 heteroatoms. The zero-order valence-electron chi connectivity index (χ0n) is 11.0. The van der Waals surface area contributed by atoms with Gasteiger partial charge in [0.05, 0.1) is 6.10 Å². The molecule has 2 nitrogen and oxygen atoms in total. The van der Waals surface area contributed by atoms with Gasteiger partial charge in [0.25, 0.3) is 0 Å². The summed E-state index contributed by atoms with van der Waals surface area (Å²) in [6.45, 7) is 1.32. The molecule has 0 spiro atoms. The lowest BCUT2D eigenvalue weighted by Gasteiger charge is -2.33. The second-order valence-corrected chi connectivity index (χ2v) is 5.76. The maximum atomic E-state index is 5.43. The quantitative estimate of drug-likeness (QED) is 0.729. The van der Waals surface area contributed by atoms with Crippen LogP contribution in [0, 0.1) is 5.92 Å². The molecule has 0 radical (unpaired) electrons. The van der Waals surface area contributed by atoms with Gasteiger partial charge in [-0.1, -0.05) is 12.8 Å². The first-order valence-electron chi connectivity index (χ1n) is 7.02. The minimum Gasteiger partial charge on any atom is -0.381 e. The van der Waals surface area contributed by atoms with Gasteiger partial charge in [0.15, 0.2) is 0 Å². The molecule has 0 amide bonds. The standard InChI is InChI=1S/C14H27NO/c1-15(13-5-3-4-6-13)11-12-7-9-14(16-2)10-8-12/h12-14H,3-11H2,1-2H3/t12-,14-. The van der Waals surface area contributed by atoms with E-state index in [1.807, 2.05) is 7.11 Å². The molecule has 0 atom stereocenters. The van der Waals surface area contributed by atoms with Crippen LogP contribution in [0.4, 0.5) is 0 Å². The first-order valence-corrected chi connectivity index (χ1v) is 7.02. The highest BCUT2D eigenvalue weighted by molar-refractivity contribution is 4.79. The van der Waals surface area contributed by atoms with Gasteiger partial charge in [-0.25, -0.2) is 0 Å². The largest absolute Gasteiger partial charge is 0.381 e. The zero-order chi connectivity index (χ0) is 11.4. The maximum absolute atomic E-state index is 5.43. The van der Waals surface area contributed by atoms with Crippen LogP contribution < -0.4 is 0 Å². The van der Waals surface area contributed by atoms with E-state index in [9.17, 15) is 0 Å². The van der Waals surface area contributed by atoms with Gasteiger partial charge in [-0.05, 0) is 51.5 Å². The third kappa shape index (κ3) is 3.21. The third-order valence-electron chi connectivity index (χ3n) is 4.62. The summed E-state index contributed by atoms with van der Waals surface area (Å²) >= 11 is 0. The van der Waals surface area contributed by atoms with Crippen LogP contribution in [0.1, 0.15) is 51.4 Å². The van der Waals surface area contributed by atoms with Crippen molar-refractivity contribution >= 4 is 0 Å². The molecule has 0 aromatic heterocycles. The molecule has 2 rings (SSSR count). The number of ether oxygens (including phenoxy) is 1. The summed E-state index contributed by atoms with van der Waals surface area (Å²) in [5.74, 6) is 0.928. The Balaban J connectivity index is 1.69. The van der Waals surface area contributed by atoms with Gasteiger partial charge in [-0.15, -0.1) is 0 Å². The molecule has 0 aromatic carbocycles. The van der Waals surface area contributed by atoms with Gasteiger partial charge >= 0.3 is 0 Å². The van der Waals surface area contributed by atoms with Crippen molar-refractivity contribution in [2.24, 2.45) is 5.92 Å². The van der Waals surface area contributed by atoms with Crippen LogP contribution in [-0.4, -0.2) is 37.7 Å². The monoisotopic (exact) mass is 225 g/mol. The van der Waals surface area contributed by atoms with Crippen LogP contribution in [-0.2, 0) is 4.74 Å². The average Bonchev–Trinajstić information content (AvgIpc) is 2.83. The molecule has 2 fully saturated rings. The molecule has 0 aliphatic heterocycles. The minimum absolute atomic E-state index is 0.549. The molecule has 0 N–H and O–H groups in total. The van der Waals surface area contributed by atoms with Crippen LogP contribution in [0.25, 0.3) is 0 Å². The number of hydrogen-bond donors (Lipinski definition) is 0. The summed E-state index contributed by atoms with van der Waals surface area (Å²) in [6, 6.07) is 0.889. The van der Waals surface area contributed by atoms with E-state index in [1.165, 1.54) is 57.9 Å². The molecule has 0 unspecified atom stereocenters. The van der Waals surface area contributed by atoms with E-state index in [4.69, 9.17) is 4.74 Å². The summed E-state index contributed by atoms with van der Waals surface area (Å²) in [5, 5.41) is 0. The van der Waals surface area contributed by atoms with Gasteiger partial charge < -0.3 is 9.64 Å². The highest BCUT2D eigenvalue weighted by atomic mass is 16.5. The Morgan fingerprint density at radius 3 is 2.19 bits per heavy atom. The Hall–Kier alpha value is -0.0800. The first kappa shape index (κ1) is 12.4. The molecule has 16 heavy (non-hydrogen) atoms. The normalized spacial score (nSPS) is 32.4. The van der Waals surface area contributed by atoms with Crippen molar-refractivity contribution in [2.75, 3.05) is 20.7 Å². The Morgan fingerprint density at radius 2 is 1.62 bits per heavy atom. The van der Waals surface area contributed by atoms with E-state index in [-0.39, 0.29) is 0 Å². The summed E-state index contributed by atoms with van der Waals surface area (Å²) < 4.78 is 5.43. The van der Waals surface area contributed by atoms with E-state index in [2.05, 4.69) is 11.9 Å². The molecular formula is C14H27NO. The summed E-state index contributed by atoms with van der Waals surface area (Å²) in [7, 11) is 4.19. The van der Waals surface area contributed by atoms with Crippen LogP contribution in [0.2, 0.25) is 0 Å². The second-order valence-electron chi connectivity index (χ2n) is 5.76. The van der Waals surface area contributed by atoms with Crippen LogP contribution in [0.15, 0.2) is 0 Å². The molecule has 2 saturated carbocycles. The lowest BCUT2D eigenvalue weighted by Crippen LogP contribution is -2.35. The van der Waals surface area contributed by atoms with Gasteiger partial charge in [0, 0.05) is 19.7 Å². The molecule has 0 saturated heterocycles. The molecule has 0 aromatic rings. The van der Waals surface area contributed by atoms with Gasteiger partial charge in [-0.3, -0.25) is 0 Å². The van der Waals surface area contributed by atoms with Crippen molar-refractivity contribution < 1.29 is 4.74 Å². The SMILES string of the molecule is CO[C@H]1CC[C@H](CN(C)C2CCCC2)CC1. The summed E-state index contributed by atoms with van der Waals surface area (Å²) in [6.07, 6.45) is 11.6. The van der Waals surface area contributed by atoms with Crippen molar-refractivity contribution in [1.29, 1.82) is 0 Å². The molecule has 0 bridgehead atoms. The van der Waals surface area contributed by atoms with E-state index in [0.717, 1.165) is 12.0 Å². The number of hydrogen-bond acceptors (Lipinski definition) is 2. The fraction of sp³-hybridized carbons (Fsp3) is 1.00. The van der Waals surface area contributed by atoms with Crippen molar-refractivity contribution in [1.82, 2.24) is 4.90 Å². The van der Waals surface area contributed by atoms with E-state index in [1.54, 1.807) is 0 Å². The van der Waals surface area contributed by atoms with E-state index >= 15 is 0 Å². The van der Waals surface area contributed by atoms with Gasteiger partial charge in [0.1, 0.15) is 0 Å². The zero-order valence-corrected chi connectivity index (χ0v) is 11.0. The average molecular weight is 225 g/mol. The lowest BCUT2D eigenvalue weighted by atomic mass is 9.87. The maximum Gasteiger partial charge on any atom is 0.0571 e. The van der Waals surface area contributed by atoms with Crippen molar-refractivity contribution in [3.8, 4) is 0 Å². The van der Waals surface area contributed by atoms with Gasteiger partial charge in [0.2, 0.25) is 0 Å². The van der Waals surface area contributed by atoms with Gasteiger partial charge in [-0.2, -0.15) is 0 Å². The Kier molecular flexibility index (Phi) is 4.66. The molecule has 94 valence electrons. The third-order valence-corrected chi connectivity index (χ3v) is 4.62. The van der Waals surface area contributed by atoms with Crippen molar-refractivity contribution in [3.63, 3.8) is 0 Å². The number of nitrogens with zero attached hydrogens (tertiary/aromatic N) is 1. The van der Waals surface area contributed by atoms with Crippen molar-refractivity contribution in [3.05, 3.63) is 0 Å². The topological polar surface area (TPSA) is 12.5 Å². The van der Waals surface area contributed by atoms with E-state index < -0.39 is 0 Å². The summed E-state index contributed by atoms with van der Waals surface area (Å²) in [5.41, 5.74) is 0. The highest BCUT2D eigenvalue weighted by Crippen LogP contribution is 2.29. The predicted octanol–water partition coefficient (Wildman–Crippen LogP) is 3.07. The number of rotatable bonds is 4. The Labute approximate surface area is 100 Å². The van der Waals surface area contributed by atoms with Crippen LogP contribution >= 0.6 is 0 Å². The number of methoxy groups -OCH3 is 1. The smallest absolute Gasteiger partial charge is 0.0571 e. The lowest BCUT2D eigenvalue weighted by molar-refractivity contribution is 0.0486. The van der Waals surface area contributed by atoms with Crippen LogP contribution in [0.5, 0.6) is 0 Å². The fourth-order valence-corrected chi connectivity index (χ4v) is 3.45. The highest BCUT2D eigenvalue weighted by Gasteiger charge is 2.25. The predicted molar refractivity (Wildman–Crippen MR) is 67.6 cm³/mol.